The van der Waals surface area contributed by atoms with Crippen LogP contribution >= 0.6 is 0 Å². The van der Waals surface area contributed by atoms with Crippen LogP contribution in [0.1, 0.15) is 53.9 Å². The van der Waals surface area contributed by atoms with Crippen molar-refractivity contribution in [3.8, 4) is 0 Å². The van der Waals surface area contributed by atoms with E-state index in [2.05, 4.69) is 0 Å². The Labute approximate surface area is 116 Å². The molecule has 0 aromatic carbocycles. The van der Waals surface area contributed by atoms with Gasteiger partial charge in [-0.15, -0.1) is 0 Å². The van der Waals surface area contributed by atoms with Crippen molar-refractivity contribution in [2.75, 3.05) is 13.2 Å². The number of hydrogen-bond acceptors (Lipinski definition) is 4. The summed E-state index contributed by atoms with van der Waals surface area (Å²) in [6.07, 6.45) is 2.05. The molecule has 0 saturated carbocycles. The fourth-order valence-corrected chi connectivity index (χ4v) is 1.51. The highest BCUT2D eigenvalue weighted by Crippen LogP contribution is 2.18. The van der Waals surface area contributed by atoms with Gasteiger partial charge in [0.05, 0.1) is 13.2 Å². The van der Waals surface area contributed by atoms with Gasteiger partial charge in [0.1, 0.15) is 0 Å². The molecule has 0 amide bonds. The van der Waals surface area contributed by atoms with Crippen LogP contribution in [0.25, 0.3) is 0 Å². The number of rotatable bonds is 8. The van der Waals surface area contributed by atoms with E-state index in [1.807, 2.05) is 27.7 Å². The van der Waals surface area contributed by atoms with Gasteiger partial charge in [0, 0.05) is 11.1 Å². The molecule has 0 rings (SSSR count). The minimum absolute atomic E-state index is 0.276. The third-order valence-corrected chi connectivity index (χ3v) is 2.49. The van der Waals surface area contributed by atoms with Crippen molar-refractivity contribution in [2.45, 2.75) is 53.9 Å². The van der Waals surface area contributed by atoms with Gasteiger partial charge in [0.2, 0.25) is 0 Å². The molecule has 0 radical (unpaired) electrons. The number of carbonyl (C=O) groups is 2. The molecule has 0 aromatic heterocycles. The predicted molar refractivity (Wildman–Crippen MR) is 74.7 cm³/mol. The molecule has 19 heavy (non-hydrogen) atoms. The highest BCUT2D eigenvalue weighted by molar-refractivity contribution is 6.00. The first kappa shape index (κ1) is 17.7. The van der Waals surface area contributed by atoms with Crippen molar-refractivity contribution in [1.29, 1.82) is 0 Å². The molecule has 0 spiro atoms. The molecule has 0 atom stereocenters. The summed E-state index contributed by atoms with van der Waals surface area (Å²) < 4.78 is 10.2. The molecule has 0 saturated heterocycles. The first-order valence-corrected chi connectivity index (χ1v) is 6.97. The second-order valence-corrected chi connectivity index (χ2v) is 4.97. The molecule has 0 bridgehead atoms. The largest absolute Gasteiger partial charge is 0.462 e. The van der Waals surface area contributed by atoms with Gasteiger partial charge < -0.3 is 9.47 Å². The van der Waals surface area contributed by atoms with E-state index in [0.717, 1.165) is 12.8 Å². The fraction of sp³-hybridized carbons (Fsp3) is 0.733. The Morgan fingerprint density at radius 1 is 0.947 bits per heavy atom. The Bertz CT molecular complexity index is 329. The minimum Gasteiger partial charge on any atom is -0.462 e. The summed E-state index contributed by atoms with van der Waals surface area (Å²) in [5.74, 6) is -0.550. The topological polar surface area (TPSA) is 52.6 Å². The van der Waals surface area contributed by atoms with Gasteiger partial charge in [-0.2, -0.15) is 0 Å². The van der Waals surface area contributed by atoms with Crippen LogP contribution in [-0.2, 0) is 19.1 Å². The average molecular weight is 270 g/mol. The van der Waals surface area contributed by atoms with E-state index in [1.165, 1.54) is 0 Å². The van der Waals surface area contributed by atoms with Crippen molar-refractivity contribution in [3.63, 3.8) is 0 Å². The lowest BCUT2D eigenvalue weighted by molar-refractivity contribution is -0.142. The zero-order valence-corrected chi connectivity index (χ0v) is 12.7. The van der Waals surface area contributed by atoms with Crippen LogP contribution in [0.15, 0.2) is 11.1 Å². The van der Waals surface area contributed by atoms with E-state index in [4.69, 9.17) is 9.47 Å². The van der Waals surface area contributed by atoms with Gasteiger partial charge >= 0.3 is 11.9 Å². The summed E-state index contributed by atoms with van der Waals surface area (Å²) in [7, 11) is 0. The van der Waals surface area contributed by atoms with Crippen molar-refractivity contribution >= 4 is 11.9 Å². The van der Waals surface area contributed by atoms with Gasteiger partial charge in [0.25, 0.3) is 0 Å². The molecule has 0 aliphatic rings. The lowest BCUT2D eigenvalue weighted by atomic mass is 9.99. The van der Waals surface area contributed by atoms with Crippen LogP contribution in [0.4, 0.5) is 0 Å². The molecule has 110 valence electrons. The van der Waals surface area contributed by atoms with Gasteiger partial charge in [-0.25, -0.2) is 9.59 Å². The van der Waals surface area contributed by atoms with E-state index in [0.29, 0.717) is 30.8 Å². The zero-order valence-electron chi connectivity index (χ0n) is 12.7. The van der Waals surface area contributed by atoms with E-state index in [1.54, 1.807) is 6.92 Å². The summed E-state index contributed by atoms with van der Waals surface area (Å²) in [5.41, 5.74) is 0.799. The second kappa shape index (κ2) is 9.59. The molecule has 4 heteroatoms. The van der Waals surface area contributed by atoms with Crippen LogP contribution in [0.3, 0.4) is 0 Å². The van der Waals surface area contributed by atoms with Crippen LogP contribution in [0.5, 0.6) is 0 Å². The summed E-state index contributed by atoms with van der Waals surface area (Å²) in [5, 5.41) is 0. The van der Waals surface area contributed by atoms with Crippen molar-refractivity contribution in [2.24, 2.45) is 5.92 Å². The minimum atomic E-state index is -0.425. The van der Waals surface area contributed by atoms with Crippen molar-refractivity contribution < 1.29 is 19.1 Å². The summed E-state index contributed by atoms with van der Waals surface area (Å²) >= 11 is 0. The smallest absolute Gasteiger partial charge is 0.334 e. The molecule has 4 nitrogen and oxygen atoms in total. The normalized spacial score (nSPS) is 12.1. The van der Waals surface area contributed by atoms with Crippen molar-refractivity contribution in [3.05, 3.63) is 11.1 Å². The number of esters is 2. The molecule has 0 fully saturated rings. The second-order valence-electron chi connectivity index (χ2n) is 4.97. The average Bonchev–Trinajstić information content (AvgIpc) is 2.38. The Morgan fingerprint density at radius 3 is 1.84 bits per heavy atom. The first-order chi connectivity index (χ1) is 8.93. The maximum atomic E-state index is 12.0. The Balaban J connectivity index is 4.97. The van der Waals surface area contributed by atoms with E-state index in [-0.39, 0.29) is 5.92 Å². The van der Waals surface area contributed by atoms with Gasteiger partial charge in [-0.05, 0) is 32.1 Å². The molecule has 0 unspecified atom stereocenters. The fourth-order valence-electron chi connectivity index (χ4n) is 1.51. The molecule has 0 aromatic rings. The highest BCUT2D eigenvalue weighted by Gasteiger charge is 2.20. The SMILES string of the molecule is CCCOC(=O)C(C)=C(CC(C)C)C(=O)OCCC. The predicted octanol–water partition coefficient (Wildman–Crippen LogP) is 3.26. The quantitative estimate of drug-likeness (QED) is 0.502. The molecule has 0 heterocycles. The third-order valence-electron chi connectivity index (χ3n) is 2.49. The summed E-state index contributed by atoms with van der Waals surface area (Å²) in [6, 6.07) is 0. The Hall–Kier alpha value is -1.32. The van der Waals surface area contributed by atoms with Gasteiger partial charge in [-0.1, -0.05) is 27.7 Å². The maximum Gasteiger partial charge on any atom is 0.334 e. The first-order valence-electron chi connectivity index (χ1n) is 6.97. The molecular formula is C15H26O4. The standard InChI is InChI=1S/C15H26O4/c1-6-8-18-14(16)12(5)13(10-11(3)4)15(17)19-9-7-2/h11H,6-10H2,1-5H3. The Kier molecular flexibility index (Phi) is 8.92. The lowest BCUT2D eigenvalue weighted by Crippen LogP contribution is -2.17. The number of carbonyl (C=O) groups excluding carboxylic acids is 2. The van der Waals surface area contributed by atoms with Crippen LogP contribution in [0.2, 0.25) is 0 Å². The number of hydrogen-bond donors (Lipinski definition) is 0. The Morgan fingerprint density at radius 2 is 1.42 bits per heavy atom. The summed E-state index contributed by atoms with van der Waals surface area (Å²) in [6.45, 7) is 10.2. The van der Waals surface area contributed by atoms with Gasteiger partial charge in [0.15, 0.2) is 0 Å². The lowest BCUT2D eigenvalue weighted by Gasteiger charge is -2.13. The number of ether oxygens (including phenoxy) is 2. The van der Waals surface area contributed by atoms with E-state index >= 15 is 0 Å². The maximum absolute atomic E-state index is 12.0. The third kappa shape index (κ3) is 6.99. The monoisotopic (exact) mass is 270 g/mol. The van der Waals surface area contributed by atoms with E-state index < -0.39 is 11.9 Å². The molecule has 0 aliphatic heterocycles. The van der Waals surface area contributed by atoms with E-state index in [9.17, 15) is 9.59 Å². The highest BCUT2D eigenvalue weighted by atomic mass is 16.5. The van der Waals surface area contributed by atoms with Crippen LogP contribution < -0.4 is 0 Å². The molecular weight excluding hydrogens is 244 g/mol. The molecule has 0 N–H and O–H groups in total. The van der Waals surface area contributed by atoms with Crippen molar-refractivity contribution in [1.82, 2.24) is 0 Å². The van der Waals surface area contributed by atoms with Crippen LogP contribution in [0, 0.1) is 5.92 Å². The summed E-state index contributed by atoms with van der Waals surface area (Å²) in [4.78, 5) is 23.8. The zero-order chi connectivity index (χ0) is 14.8. The van der Waals surface area contributed by atoms with Gasteiger partial charge in [-0.3, -0.25) is 0 Å². The molecule has 0 aliphatic carbocycles. The van der Waals surface area contributed by atoms with Crippen LogP contribution in [-0.4, -0.2) is 25.2 Å².